The fourth-order valence-electron chi connectivity index (χ4n) is 1.69. The van der Waals surface area contributed by atoms with Gasteiger partial charge in [0.2, 0.25) is 0 Å². The fourth-order valence-corrected chi connectivity index (χ4v) is 1.69. The van der Waals surface area contributed by atoms with Gasteiger partial charge in [0, 0.05) is 24.6 Å². The number of nitro benzene ring substituents is 1. The first-order valence-corrected chi connectivity index (χ1v) is 5.87. The number of rotatable bonds is 6. The summed E-state index contributed by atoms with van der Waals surface area (Å²) in [4.78, 5) is 14.1. The standard InChI is InChI=1S/C12H14N4O3/c1-10-7-11(3-4-12(10)16(17)18)19-6-2-5-15-9-13-8-14-15/h3-4,7-9H,2,5-6H2,1H3. The first-order valence-electron chi connectivity index (χ1n) is 5.87. The van der Waals surface area contributed by atoms with Crippen molar-refractivity contribution >= 4 is 5.69 Å². The van der Waals surface area contributed by atoms with E-state index in [1.54, 1.807) is 30.1 Å². The molecule has 0 N–H and O–H groups in total. The molecule has 0 fully saturated rings. The Morgan fingerprint density at radius 3 is 2.95 bits per heavy atom. The Hall–Kier alpha value is -2.44. The Morgan fingerprint density at radius 2 is 2.32 bits per heavy atom. The average molecular weight is 262 g/mol. The highest BCUT2D eigenvalue weighted by Crippen LogP contribution is 2.23. The normalized spacial score (nSPS) is 10.4. The molecule has 0 aliphatic rings. The summed E-state index contributed by atoms with van der Waals surface area (Å²) in [7, 11) is 0. The van der Waals surface area contributed by atoms with Gasteiger partial charge in [-0.25, -0.2) is 4.98 Å². The summed E-state index contributed by atoms with van der Waals surface area (Å²) in [6.45, 7) is 2.95. The van der Waals surface area contributed by atoms with Crippen molar-refractivity contribution in [3.63, 3.8) is 0 Å². The van der Waals surface area contributed by atoms with Crippen molar-refractivity contribution in [2.24, 2.45) is 0 Å². The maximum atomic E-state index is 10.7. The van der Waals surface area contributed by atoms with Crippen molar-refractivity contribution in [1.82, 2.24) is 14.8 Å². The maximum absolute atomic E-state index is 10.7. The van der Waals surface area contributed by atoms with Gasteiger partial charge >= 0.3 is 0 Å². The summed E-state index contributed by atoms with van der Waals surface area (Å²) >= 11 is 0. The molecule has 0 saturated heterocycles. The molecule has 2 rings (SSSR count). The molecular weight excluding hydrogens is 248 g/mol. The number of hydrogen-bond acceptors (Lipinski definition) is 5. The van der Waals surface area contributed by atoms with Crippen molar-refractivity contribution in [3.8, 4) is 5.75 Å². The lowest BCUT2D eigenvalue weighted by Gasteiger charge is -2.07. The van der Waals surface area contributed by atoms with Gasteiger partial charge < -0.3 is 4.74 Å². The molecule has 0 saturated carbocycles. The van der Waals surface area contributed by atoms with Crippen LogP contribution in [0.25, 0.3) is 0 Å². The zero-order chi connectivity index (χ0) is 13.7. The predicted octanol–water partition coefficient (Wildman–Crippen LogP) is 1.96. The van der Waals surface area contributed by atoms with Crippen LogP contribution >= 0.6 is 0 Å². The number of ether oxygens (including phenoxy) is 1. The molecule has 7 heteroatoms. The Balaban J connectivity index is 1.83. The summed E-state index contributed by atoms with van der Waals surface area (Å²) < 4.78 is 7.26. The van der Waals surface area contributed by atoms with Crippen LogP contribution in [0.15, 0.2) is 30.9 Å². The molecule has 1 aromatic carbocycles. The molecule has 0 aliphatic heterocycles. The van der Waals surface area contributed by atoms with E-state index in [9.17, 15) is 10.1 Å². The second-order valence-electron chi connectivity index (χ2n) is 4.07. The van der Waals surface area contributed by atoms with Crippen molar-refractivity contribution in [2.45, 2.75) is 19.9 Å². The maximum Gasteiger partial charge on any atom is 0.272 e. The van der Waals surface area contributed by atoms with Crippen molar-refractivity contribution < 1.29 is 9.66 Å². The number of hydrogen-bond donors (Lipinski definition) is 0. The molecule has 0 bridgehead atoms. The van der Waals surface area contributed by atoms with Crippen LogP contribution in [0.1, 0.15) is 12.0 Å². The highest BCUT2D eigenvalue weighted by molar-refractivity contribution is 5.44. The van der Waals surface area contributed by atoms with Crippen LogP contribution in [0.4, 0.5) is 5.69 Å². The summed E-state index contributed by atoms with van der Waals surface area (Å²) in [5.74, 6) is 0.640. The number of aryl methyl sites for hydroxylation is 2. The minimum absolute atomic E-state index is 0.106. The lowest BCUT2D eigenvalue weighted by molar-refractivity contribution is -0.385. The molecule has 0 spiro atoms. The molecule has 0 unspecified atom stereocenters. The molecule has 0 amide bonds. The van der Waals surface area contributed by atoms with E-state index in [0.717, 1.165) is 13.0 Å². The highest BCUT2D eigenvalue weighted by Gasteiger charge is 2.10. The number of nitrogens with zero attached hydrogens (tertiary/aromatic N) is 4. The Morgan fingerprint density at radius 1 is 1.47 bits per heavy atom. The van der Waals surface area contributed by atoms with E-state index in [1.807, 2.05) is 0 Å². The molecule has 1 aromatic heterocycles. The molecule has 19 heavy (non-hydrogen) atoms. The van der Waals surface area contributed by atoms with Crippen molar-refractivity contribution in [3.05, 3.63) is 46.5 Å². The number of aromatic nitrogens is 3. The Kier molecular flexibility index (Phi) is 4.07. The third-order valence-electron chi connectivity index (χ3n) is 2.63. The minimum atomic E-state index is -0.399. The smallest absolute Gasteiger partial charge is 0.272 e. The highest BCUT2D eigenvalue weighted by atomic mass is 16.6. The van der Waals surface area contributed by atoms with E-state index in [2.05, 4.69) is 10.1 Å². The molecule has 1 heterocycles. The van der Waals surface area contributed by atoms with Gasteiger partial charge in [0.25, 0.3) is 5.69 Å². The lowest BCUT2D eigenvalue weighted by atomic mass is 10.2. The van der Waals surface area contributed by atoms with Crippen LogP contribution in [0.5, 0.6) is 5.75 Å². The summed E-state index contributed by atoms with van der Waals surface area (Å²) in [6, 6.07) is 4.75. The summed E-state index contributed by atoms with van der Waals surface area (Å²) in [5.41, 5.74) is 0.703. The zero-order valence-electron chi connectivity index (χ0n) is 10.5. The minimum Gasteiger partial charge on any atom is -0.494 e. The third kappa shape index (κ3) is 3.51. The largest absolute Gasteiger partial charge is 0.494 e. The van der Waals surface area contributed by atoms with Crippen LogP contribution in [-0.2, 0) is 6.54 Å². The first kappa shape index (κ1) is 13.0. The number of benzene rings is 1. The predicted molar refractivity (Wildman–Crippen MR) is 68.0 cm³/mol. The Labute approximate surface area is 110 Å². The van der Waals surface area contributed by atoms with E-state index in [4.69, 9.17) is 4.74 Å². The molecule has 7 nitrogen and oxygen atoms in total. The van der Waals surface area contributed by atoms with E-state index in [1.165, 1.54) is 12.4 Å². The quantitative estimate of drug-likeness (QED) is 0.451. The van der Waals surface area contributed by atoms with Gasteiger partial charge in [-0.1, -0.05) is 0 Å². The topological polar surface area (TPSA) is 83.1 Å². The molecular formula is C12H14N4O3. The van der Waals surface area contributed by atoms with Crippen molar-refractivity contribution in [2.75, 3.05) is 6.61 Å². The zero-order valence-corrected chi connectivity index (χ0v) is 10.5. The van der Waals surface area contributed by atoms with E-state index in [0.29, 0.717) is 17.9 Å². The van der Waals surface area contributed by atoms with Crippen LogP contribution in [0.3, 0.4) is 0 Å². The monoisotopic (exact) mass is 262 g/mol. The molecule has 0 aliphatic carbocycles. The van der Waals surface area contributed by atoms with E-state index >= 15 is 0 Å². The Bertz CT molecular complexity index is 554. The summed E-state index contributed by atoms with van der Waals surface area (Å²) in [6.07, 6.45) is 3.93. The van der Waals surface area contributed by atoms with Gasteiger partial charge in [-0.15, -0.1) is 0 Å². The average Bonchev–Trinajstić information content (AvgIpc) is 2.87. The fraction of sp³-hybridized carbons (Fsp3) is 0.333. The molecule has 2 aromatic rings. The number of nitro groups is 1. The second kappa shape index (κ2) is 5.94. The van der Waals surface area contributed by atoms with Crippen LogP contribution in [0.2, 0.25) is 0 Å². The van der Waals surface area contributed by atoms with Gasteiger partial charge in [0.1, 0.15) is 18.4 Å². The SMILES string of the molecule is Cc1cc(OCCCn2cncn2)ccc1[N+](=O)[O-]. The van der Waals surface area contributed by atoms with Crippen LogP contribution < -0.4 is 4.74 Å². The van der Waals surface area contributed by atoms with E-state index in [-0.39, 0.29) is 5.69 Å². The molecule has 0 radical (unpaired) electrons. The van der Waals surface area contributed by atoms with Crippen LogP contribution in [-0.4, -0.2) is 26.3 Å². The van der Waals surface area contributed by atoms with Gasteiger partial charge in [-0.2, -0.15) is 5.10 Å². The van der Waals surface area contributed by atoms with Crippen LogP contribution in [0, 0.1) is 17.0 Å². The third-order valence-corrected chi connectivity index (χ3v) is 2.63. The molecule has 0 atom stereocenters. The summed E-state index contributed by atoms with van der Waals surface area (Å²) in [5, 5.41) is 14.7. The van der Waals surface area contributed by atoms with Gasteiger partial charge in [0.15, 0.2) is 0 Å². The van der Waals surface area contributed by atoms with Gasteiger partial charge in [0.05, 0.1) is 11.5 Å². The lowest BCUT2D eigenvalue weighted by Crippen LogP contribution is -2.05. The first-order chi connectivity index (χ1) is 9.16. The molecule has 100 valence electrons. The second-order valence-corrected chi connectivity index (χ2v) is 4.07. The van der Waals surface area contributed by atoms with E-state index < -0.39 is 4.92 Å². The van der Waals surface area contributed by atoms with Gasteiger partial charge in [-0.05, 0) is 19.1 Å². The van der Waals surface area contributed by atoms with Crippen molar-refractivity contribution in [1.29, 1.82) is 0 Å². The van der Waals surface area contributed by atoms with Gasteiger partial charge in [-0.3, -0.25) is 14.8 Å².